The van der Waals surface area contributed by atoms with Crippen molar-refractivity contribution in [2.75, 3.05) is 6.54 Å². The van der Waals surface area contributed by atoms with Crippen molar-refractivity contribution < 1.29 is 8.78 Å². The number of benzene rings is 1. The molecule has 0 saturated carbocycles. The van der Waals surface area contributed by atoms with E-state index in [1.807, 2.05) is 6.92 Å². The van der Waals surface area contributed by atoms with Crippen molar-refractivity contribution in [3.8, 4) is 10.6 Å². The quantitative estimate of drug-likeness (QED) is 0.911. The maximum atomic E-state index is 13.8. The molecule has 0 spiro atoms. The van der Waals surface area contributed by atoms with Crippen LogP contribution >= 0.6 is 11.3 Å². The Kier molecular flexibility index (Phi) is 4.77. The van der Waals surface area contributed by atoms with E-state index in [9.17, 15) is 8.78 Å². The van der Waals surface area contributed by atoms with Crippen molar-refractivity contribution in [2.24, 2.45) is 0 Å². The lowest BCUT2D eigenvalue weighted by atomic mass is 10.1. The average Bonchev–Trinajstić information content (AvgIpc) is 2.89. The third kappa shape index (κ3) is 3.02. The summed E-state index contributed by atoms with van der Waals surface area (Å²) in [4.78, 5) is 0. The zero-order valence-electron chi connectivity index (χ0n) is 11.7. The fourth-order valence-corrected chi connectivity index (χ4v) is 2.98. The van der Waals surface area contributed by atoms with Gasteiger partial charge in [0.05, 0.1) is 6.04 Å². The number of aromatic nitrogens is 2. The van der Waals surface area contributed by atoms with Gasteiger partial charge < -0.3 is 5.32 Å². The number of halogens is 2. The molecule has 0 aliphatic carbocycles. The Morgan fingerprint density at radius 1 is 1.20 bits per heavy atom. The van der Waals surface area contributed by atoms with Gasteiger partial charge in [-0.15, -0.1) is 10.2 Å². The second-order valence-electron chi connectivity index (χ2n) is 4.55. The second kappa shape index (κ2) is 6.37. The van der Waals surface area contributed by atoms with E-state index in [-0.39, 0.29) is 6.04 Å². The van der Waals surface area contributed by atoms with Gasteiger partial charge in [0.1, 0.15) is 16.6 Å². The van der Waals surface area contributed by atoms with Crippen LogP contribution in [0, 0.1) is 18.6 Å². The minimum absolute atomic E-state index is 0.121. The Morgan fingerprint density at radius 3 is 2.60 bits per heavy atom. The molecule has 1 aromatic heterocycles. The van der Waals surface area contributed by atoms with Gasteiger partial charge in [-0.1, -0.05) is 25.2 Å². The molecule has 0 aliphatic rings. The smallest absolute Gasteiger partial charge is 0.150 e. The summed E-state index contributed by atoms with van der Waals surface area (Å²) in [5.41, 5.74) is 0.705. The maximum Gasteiger partial charge on any atom is 0.150 e. The molecule has 3 nitrogen and oxygen atoms in total. The van der Waals surface area contributed by atoms with E-state index in [1.54, 1.807) is 6.92 Å². The summed E-state index contributed by atoms with van der Waals surface area (Å²) in [5, 5.41) is 12.8. The Morgan fingerprint density at radius 2 is 1.95 bits per heavy atom. The zero-order valence-corrected chi connectivity index (χ0v) is 12.5. The summed E-state index contributed by atoms with van der Waals surface area (Å²) in [5.74, 6) is -1.15. The Bertz CT molecular complexity index is 598. The first-order chi connectivity index (χ1) is 9.56. The fraction of sp³-hybridized carbons (Fsp3) is 0.429. The van der Waals surface area contributed by atoms with E-state index >= 15 is 0 Å². The minimum Gasteiger partial charge on any atom is -0.308 e. The van der Waals surface area contributed by atoms with Crippen molar-refractivity contribution in [2.45, 2.75) is 33.2 Å². The normalized spacial score (nSPS) is 12.7. The van der Waals surface area contributed by atoms with Gasteiger partial charge in [-0.25, -0.2) is 8.78 Å². The number of rotatable bonds is 5. The van der Waals surface area contributed by atoms with Gasteiger partial charge in [-0.3, -0.25) is 0 Å². The summed E-state index contributed by atoms with van der Waals surface area (Å²) in [7, 11) is 0. The maximum absolute atomic E-state index is 13.8. The van der Waals surface area contributed by atoms with Gasteiger partial charge in [-0.05, 0) is 31.5 Å². The Hall–Kier alpha value is -1.40. The van der Waals surface area contributed by atoms with Gasteiger partial charge in [0.25, 0.3) is 0 Å². The minimum atomic E-state index is -0.604. The predicted molar refractivity (Wildman–Crippen MR) is 76.7 cm³/mol. The number of nitrogens with one attached hydrogen (secondary N) is 1. The molecule has 0 aliphatic heterocycles. The highest BCUT2D eigenvalue weighted by Crippen LogP contribution is 2.31. The molecule has 0 radical (unpaired) electrons. The van der Waals surface area contributed by atoms with Crippen LogP contribution < -0.4 is 5.32 Å². The lowest BCUT2D eigenvalue weighted by Gasteiger charge is -2.11. The number of hydrogen-bond donors (Lipinski definition) is 1. The van der Waals surface area contributed by atoms with Crippen LogP contribution in [0.1, 0.15) is 36.9 Å². The SMILES string of the molecule is CCNC(CC)c1nnc(-c2cc(C)c(F)cc2F)s1. The van der Waals surface area contributed by atoms with Crippen LogP contribution in [0.3, 0.4) is 0 Å². The average molecular weight is 297 g/mol. The molecule has 1 aromatic carbocycles. The monoisotopic (exact) mass is 297 g/mol. The van der Waals surface area contributed by atoms with Crippen molar-refractivity contribution >= 4 is 11.3 Å². The molecule has 1 unspecified atom stereocenters. The Balaban J connectivity index is 2.35. The van der Waals surface area contributed by atoms with Crippen molar-refractivity contribution in [3.05, 3.63) is 34.3 Å². The highest BCUT2D eigenvalue weighted by Gasteiger charge is 2.17. The molecule has 2 rings (SSSR count). The van der Waals surface area contributed by atoms with Crippen LogP contribution in [0.2, 0.25) is 0 Å². The van der Waals surface area contributed by atoms with Gasteiger partial charge in [0.2, 0.25) is 0 Å². The molecule has 6 heteroatoms. The second-order valence-corrected chi connectivity index (χ2v) is 5.55. The van der Waals surface area contributed by atoms with Crippen LogP contribution in [0.4, 0.5) is 8.78 Å². The van der Waals surface area contributed by atoms with Crippen molar-refractivity contribution in [1.29, 1.82) is 0 Å². The number of nitrogens with zero attached hydrogens (tertiary/aromatic N) is 2. The molecule has 108 valence electrons. The van der Waals surface area contributed by atoms with Crippen LogP contribution in [0.15, 0.2) is 12.1 Å². The summed E-state index contributed by atoms with van der Waals surface area (Å²) in [6.07, 6.45) is 0.882. The fourth-order valence-electron chi connectivity index (χ4n) is 1.96. The van der Waals surface area contributed by atoms with Gasteiger partial charge in [0.15, 0.2) is 5.01 Å². The van der Waals surface area contributed by atoms with Crippen LogP contribution in [0.25, 0.3) is 10.6 Å². The predicted octanol–water partition coefficient (Wildman–Crippen LogP) is 3.85. The lowest BCUT2D eigenvalue weighted by Crippen LogP contribution is -2.19. The molecule has 0 amide bonds. The van der Waals surface area contributed by atoms with Crippen molar-refractivity contribution in [1.82, 2.24) is 15.5 Å². The summed E-state index contributed by atoms with van der Waals surface area (Å²) in [6.45, 7) is 6.51. The summed E-state index contributed by atoms with van der Waals surface area (Å²) >= 11 is 1.34. The van der Waals surface area contributed by atoms with E-state index in [4.69, 9.17) is 0 Å². The molecular formula is C14H17F2N3S. The molecule has 0 saturated heterocycles. The first-order valence-corrected chi connectivity index (χ1v) is 7.41. The molecule has 2 aromatic rings. The van der Waals surface area contributed by atoms with E-state index < -0.39 is 11.6 Å². The van der Waals surface area contributed by atoms with Crippen LogP contribution in [0.5, 0.6) is 0 Å². The molecule has 0 bridgehead atoms. The van der Waals surface area contributed by atoms with Gasteiger partial charge in [-0.2, -0.15) is 0 Å². The molecular weight excluding hydrogens is 280 g/mol. The van der Waals surface area contributed by atoms with E-state index in [0.717, 1.165) is 24.0 Å². The largest absolute Gasteiger partial charge is 0.308 e. The van der Waals surface area contributed by atoms with E-state index in [0.29, 0.717) is 16.1 Å². The molecule has 1 heterocycles. The number of aryl methyl sites for hydroxylation is 1. The first kappa shape index (κ1) is 15.0. The molecule has 1 N–H and O–H groups in total. The van der Waals surface area contributed by atoms with Gasteiger partial charge >= 0.3 is 0 Å². The Labute approximate surface area is 121 Å². The standard InChI is InChI=1S/C14H17F2N3S/c1-4-12(17-5-2)14-19-18-13(20-14)9-6-8(3)10(15)7-11(9)16/h6-7,12,17H,4-5H2,1-3H3. The van der Waals surface area contributed by atoms with E-state index in [2.05, 4.69) is 22.4 Å². The number of hydrogen-bond acceptors (Lipinski definition) is 4. The first-order valence-electron chi connectivity index (χ1n) is 6.59. The van der Waals surface area contributed by atoms with Gasteiger partial charge in [0, 0.05) is 11.6 Å². The third-order valence-electron chi connectivity index (χ3n) is 3.08. The highest BCUT2D eigenvalue weighted by molar-refractivity contribution is 7.14. The summed E-state index contributed by atoms with van der Waals surface area (Å²) < 4.78 is 27.1. The third-order valence-corrected chi connectivity index (χ3v) is 4.15. The lowest BCUT2D eigenvalue weighted by molar-refractivity contribution is 0.531. The highest BCUT2D eigenvalue weighted by atomic mass is 32.1. The molecule has 20 heavy (non-hydrogen) atoms. The summed E-state index contributed by atoms with van der Waals surface area (Å²) in [6, 6.07) is 2.49. The topological polar surface area (TPSA) is 37.8 Å². The zero-order chi connectivity index (χ0) is 14.7. The molecule has 0 fully saturated rings. The van der Waals surface area contributed by atoms with Crippen molar-refractivity contribution in [3.63, 3.8) is 0 Å². The molecule has 1 atom stereocenters. The van der Waals surface area contributed by atoms with Crippen LogP contribution in [-0.2, 0) is 0 Å². The van der Waals surface area contributed by atoms with E-state index in [1.165, 1.54) is 17.4 Å². The van der Waals surface area contributed by atoms with Crippen LogP contribution in [-0.4, -0.2) is 16.7 Å².